The van der Waals surface area contributed by atoms with Crippen molar-refractivity contribution in [2.75, 3.05) is 13.6 Å². The summed E-state index contributed by atoms with van der Waals surface area (Å²) >= 11 is 0. The molecule has 1 aromatic carbocycles. The molecule has 0 radical (unpaired) electrons. The van der Waals surface area contributed by atoms with Gasteiger partial charge in [0.15, 0.2) is 0 Å². The summed E-state index contributed by atoms with van der Waals surface area (Å²) in [6.45, 7) is 8.06. The van der Waals surface area contributed by atoms with Crippen molar-refractivity contribution in [2.45, 2.75) is 57.9 Å². The van der Waals surface area contributed by atoms with Crippen LogP contribution in [0.5, 0.6) is 0 Å². The predicted molar refractivity (Wildman–Crippen MR) is 83.7 cm³/mol. The minimum Gasteiger partial charge on any atom is -0.375 e. The van der Waals surface area contributed by atoms with Gasteiger partial charge in [-0.1, -0.05) is 29.8 Å². The summed E-state index contributed by atoms with van der Waals surface area (Å²) in [6, 6.07) is 8.77. The van der Waals surface area contributed by atoms with E-state index in [-0.39, 0.29) is 17.7 Å². The van der Waals surface area contributed by atoms with Crippen LogP contribution in [0.3, 0.4) is 0 Å². The van der Waals surface area contributed by atoms with Gasteiger partial charge in [0.25, 0.3) is 0 Å². The molecular formula is C17H28N2O. The van der Waals surface area contributed by atoms with E-state index in [0.717, 1.165) is 19.4 Å². The number of nitrogens with zero attached hydrogens (tertiary/aromatic N) is 1. The van der Waals surface area contributed by atoms with Crippen molar-refractivity contribution in [3.8, 4) is 0 Å². The van der Waals surface area contributed by atoms with Crippen molar-refractivity contribution in [1.82, 2.24) is 4.90 Å². The Morgan fingerprint density at radius 2 is 1.75 bits per heavy atom. The highest BCUT2D eigenvalue weighted by Crippen LogP contribution is 2.33. The molecule has 0 amide bonds. The average molecular weight is 276 g/mol. The van der Waals surface area contributed by atoms with E-state index in [1.807, 2.05) is 0 Å². The van der Waals surface area contributed by atoms with Crippen LogP contribution in [0.4, 0.5) is 0 Å². The topological polar surface area (TPSA) is 38.5 Å². The third kappa shape index (κ3) is 3.40. The molecule has 3 nitrogen and oxygen atoms in total. The second kappa shape index (κ2) is 6.25. The summed E-state index contributed by atoms with van der Waals surface area (Å²) in [5.41, 5.74) is 8.85. The molecule has 1 saturated heterocycles. The highest BCUT2D eigenvalue weighted by Gasteiger charge is 2.40. The second-order valence-corrected chi connectivity index (χ2v) is 6.44. The summed E-state index contributed by atoms with van der Waals surface area (Å²) in [5, 5.41) is 0. The molecule has 1 aromatic rings. The van der Waals surface area contributed by atoms with E-state index in [2.05, 4.69) is 57.0 Å². The third-order valence-corrected chi connectivity index (χ3v) is 4.53. The molecule has 0 bridgehead atoms. The van der Waals surface area contributed by atoms with Crippen LogP contribution >= 0.6 is 0 Å². The van der Waals surface area contributed by atoms with Crippen molar-refractivity contribution >= 4 is 0 Å². The maximum absolute atomic E-state index is 6.14. The lowest BCUT2D eigenvalue weighted by Gasteiger charge is -2.48. The first-order valence-corrected chi connectivity index (χ1v) is 7.57. The molecule has 1 heterocycles. The molecule has 0 spiro atoms. The molecule has 20 heavy (non-hydrogen) atoms. The lowest BCUT2D eigenvalue weighted by molar-refractivity contribution is -0.0993. The summed E-state index contributed by atoms with van der Waals surface area (Å²) in [5.74, 6) is 0. The fourth-order valence-electron chi connectivity index (χ4n) is 3.42. The SMILES string of the molecule is Cc1ccc(CN(C)C2(CN)CC(C)OC(C)C2)cc1. The van der Waals surface area contributed by atoms with Gasteiger partial charge in [0.05, 0.1) is 12.2 Å². The van der Waals surface area contributed by atoms with Gasteiger partial charge >= 0.3 is 0 Å². The number of nitrogens with two attached hydrogens (primary N) is 1. The summed E-state index contributed by atoms with van der Waals surface area (Å²) < 4.78 is 5.88. The molecule has 0 aliphatic carbocycles. The average Bonchev–Trinajstić information content (AvgIpc) is 2.40. The smallest absolute Gasteiger partial charge is 0.0568 e. The molecule has 112 valence electrons. The molecule has 2 atom stereocenters. The van der Waals surface area contributed by atoms with Crippen LogP contribution in [0.1, 0.15) is 37.8 Å². The Balaban J connectivity index is 2.11. The normalized spacial score (nSPS) is 30.7. The van der Waals surface area contributed by atoms with Crippen molar-refractivity contribution in [1.29, 1.82) is 0 Å². The van der Waals surface area contributed by atoms with Gasteiger partial charge in [-0.15, -0.1) is 0 Å². The molecule has 3 heteroatoms. The summed E-state index contributed by atoms with van der Waals surface area (Å²) in [7, 11) is 2.19. The van der Waals surface area contributed by atoms with Gasteiger partial charge in [0.2, 0.25) is 0 Å². The van der Waals surface area contributed by atoms with Crippen LogP contribution in [0.25, 0.3) is 0 Å². The third-order valence-electron chi connectivity index (χ3n) is 4.53. The molecular weight excluding hydrogens is 248 g/mol. The molecule has 0 aromatic heterocycles. The highest BCUT2D eigenvalue weighted by atomic mass is 16.5. The van der Waals surface area contributed by atoms with Gasteiger partial charge in [-0.05, 0) is 46.2 Å². The van der Waals surface area contributed by atoms with Crippen molar-refractivity contribution in [3.63, 3.8) is 0 Å². The minimum atomic E-state index is 0.0575. The fourth-order valence-corrected chi connectivity index (χ4v) is 3.42. The number of likely N-dealkylation sites (N-methyl/N-ethyl adjacent to an activating group) is 1. The zero-order valence-electron chi connectivity index (χ0n) is 13.2. The number of ether oxygens (including phenoxy) is 1. The van der Waals surface area contributed by atoms with Crippen LogP contribution in [0, 0.1) is 6.92 Å². The first kappa shape index (κ1) is 15.5. The molecule has 2 unspecified atom stereocenters. The van der Waals surface area contributed by atoms with E-state index in [4.69, 9.17) is 10.5 Å². The molecule has 1 aliphatic heterocycles. The van der Waals surface area contributed by atoms with Crippen LogP contribution in [0.15, 0.2) is 24.3 Å². The van der Waals surface area contributed by atoms with Gasteiger partial charge < -0.3 is 10.5 Å². The summed E-state index contributed by atoms with van der Waals surface area (Å²) in [4.78, 5) is 2.42. The summed E-state index contributed by atoms with van der Waals surface area (Å²) in [6.07, 6.45) is 2.58. The first-order valence-electron chi connectivity index (χ1n) is 7.57. The largest absolute Gasteiger partial charge is 0.375 e. The Bertz CT molecular complexity index is 419. The maximum atomic E-state index is 6.14. The van der Waals surface area contributed by atoms with Gasteiger partial charge in [-0.2, -0.15) is 0 Å². The van der Waals surface area contributed by atoms with Crippen molar-refractivity contribution in [2.24, 2.45) is 5.73 Å². The van der Waals surface area contributed by atoms with Crippen LogP contribution < -0.4 is 5.73 Å². The Morgan fingerprint density at radius 3 is 2.25 bits per heavy atom. The Hall–Kier alpha value is -0.900. The second-order valence-electron chi connectivity index (χ2n) is 6.44. The Labute approximate surface area is 123 Å². The van der Waals surface area contributed by atoms with Gasteiger partial charge in [0, 0.05) is 18.6 Å². The Morgan fingerprint density at radius 1 is 1.20 bits per heavy atom. The van der Waals surface area contributed by atoms with E-state index in [9.17, 15) is 0 Å². The molecule has 2 rings (SSSR count). The monoisotopic (exact) mass is 276 g/mol. The quantitative estimate of drug-likeness (QED) is 0.919. The standard InChI is InChI=1S/C17H28N2O/c1-13-5-7-16(8-6-13)11-19(4)17(12-18)9-14(2)20-15(3)10-17/h5-8,14-15H,9-12,18H2,1-4H3. The number of benzene rings is 1. The van der Waals surface area contributed by atoms with Crippen LogP contribution in [-0.2, 0) is 11.3 Å². The number of hydrogen-bond donors (Lipinski definition) is 1. The zero-order valence-corrected chi connectivity index (χ0v) is 13.2. The number of aryl methyl sites for hydroxylation is 1. The van der Waals surface area contributed by atoms with E-state index >= 15 is 0 Å². The molecule has 1 aliphatic rings. The first-order chi connectivity index (χ1) is 9.45. The lowest BCUT2D eigenvalue weighted by Crippen LogP contribution is -2.58. The van der Waals surface area contributed by atoms with E-state index in [1.165, 1.54) is 11.1 Å². The zero-order chi connectivity index (χ0) is 14.8. The van der Waals surface area contributed by atoms with Crippen molar-refractivity contribution in [3.05, 3.63) is 35.4 Å². The fraction of sp³-hybridized carbons (Fsp3) is 0.647. The van der Waals surface area contributed by atoms with Crippen LogP contribution in [-0.4, -0.2) is 36.2 Å². The van der Waals surface area contributed by atoms with E-state index < -0.39 is 0 Å². The highest BCUT2D eigenvalue weighted by molar-refractivity contribution is 5.21. The van der Waals surface area contributed by atoms with Crippen LogP contribution in [0.2, 0.25) is 0 Å². The molecule has 1 fully saturated rings. The van der Waals surface area contributed by atoms with Gasteiger partial charge in [-0.3, -0.25) is 4.90 Å². The Kier molecular flexibility index (Phi) is 4.84. The van der Waals surface area contributed by atoms with Gasteiger partial charge in [0.1, 0.15) is 0 Å². The van der Waals surface area contributed by atoms with Crippen molar-refractivity contribution < 1.29 is 4.74 Å². The van der Waals surface area contributed by atoms with E-state index in [0.29, 0.717) is 6.54 Å². The maximum Gasteiger partial charge on any atom is 0.0568 e. The predicted octanol–water partition coefficient (Wildman–Crippen LogP) is 2.71. The minimum absolute atomic E-state index is 0.0575. The number of rotatable bonds is 4. The number of hydrogen-bond acceptors (Lipinski definition) is 3. The molecule has 2 N–H and O–H groups in total. The van der Waals surface area contributed by atoms with Gasteiger partial charge in [-0.25, -0.2) is 0 Å². The lowest BCUT2D eigenvalue weighted by atomic mass is 9.82. The van der Waals surface area contributed by atoms with E-state index in [1.54, 1.807) is 0 Å². The molecule has 0 saturated carbocycles.